The molecule has 1 heterocycles. The van der Waals surface area contributed by atoms with Crippen molar-refractivity contribution >= 4 is 11.6 Å². The third-order valence-corrected chi connectivity index (χ3v) is 2.62. The number of amides is 1. The van der Waals surface area contributed by atoms with E-state index in [1.807, 2.05) is 0 Å². The molecule has 6 heteroatoms. The van der Waals surface area contributed by atoms with Gasteiger partial charge in [0.15, 0.2) is 0 Å². The number of pyridine rings is 1. The summed E-state index contributed by atoms with van der Waals surface area (Å²) in [6.45, 7) is 0. The number of hydrogen-bond acceptors (Lipinski definition) is 4. The number of halogens is 1. The molecule has 0 saturated heterocycles. The maximum atomic E-state index is 13.4. The maximum absolute atomic E-state index is 13.4. The van der Waals surface area contributed by atoms with Gasteiger partial charge in [-0.05, 0) is 18.2 Å². The van der Waals surface area contributed by atoms with Gasteiger partial charge >= 0.3 is 0 Å². The molecule has 5 nitrogen and oxygen atoms in total. The zero-order valence-electron chi connectivity index (χ0n) is 10.6. The van der Waals surface area contributed by atoms with Crippen molar-refractivity contribution in [3.05, 3.63) is 53.6 Å². The number of aromatic nitrogens is 1. The summed E-state index contributed by atoms with van der Waals surface area (Å²) < 4.78 is 18.5. The number of nitriles is 1. The lowest BCUT2D eigenvalue weighted by molar-refractivity contribution is 0.102. The SMILES string of the molecule is COc1cnccc1C(=O)Nc1cccc(F)c1C#N. The minimum absolute atomic E-state index is 0.108. The molecule has 2 aromatic rings. The first-order valence-electron chi connectivity index (χ1n) is 5.65. The first-order chi connectivity index (χ1) is 9.67. The monoisotopic (exact) mass is 271 g/mol. The zero-order chi connectivity index (χ0) is 14.5. The van der Waals surface area contributed by atoms with Crippen LogP contribution in [0.1, 0.15) is 15.9 Å². The Morgan fingerprint density at radius 1 is 1.45 bits per heavy atom. The van der Waals surface area contributed by atoms with E-state index in [2.05, 4.69) is 10.3 Å². The van der Waals surface area contributed by atoms with Crippen LogP contribution in [0.2, 0.25) is 0 Å². The van der Waals surface area contributed by atoms with E-state index in [1.165, 1.54) is 37.7 Å². The molecular formula is C14H10FN3O2. The molecule has 0 atom stereocenters. The minimum Gasteiger partial charge on any atom is -0.494 e. The Labute approximate surface area is 114 Å². The smallest absolute Gasteiger partial charge is 0.259 e. The Balaban J connectivity index is 2.34. The molecule has 1 amide bonds. The fourth-order valence-corrected chi connectivity index (χ4v) is 1.66. The maximum Gasteiger partial charge on any atom is 0.259 e. The highest BCUT2D eigenvalue weighted by Gasteiger charge is 2.15. The Morgan fingerprint density at radius 2 is 2.25 bits per heavy atom. The molecule has 0 radical (unpaired) electrons. The van der Waals surface area contributed by atoms with E-state index < -0.39 is 11.7 Å². The van der Waals surface area contributed by atoms with E-state index in [-0.39, 0.29) is 16.8 Å². The Morgan fingerprint density at radius 3 is 2.95 bits per heavy atom. The lowest BCUT2D eigenvalue weighted by atomic mass is 10.1. The highest BCUT2D eigenvalue weighted by atomic mass is 19.1. The van der Waals surface area contributed by atoms with Crippen molar-refractivity contribution in [1.29, 1.82) is 5.26 Å². The molecule has 0 aliphatic carbocycles. The van der Waals surface area contributed by atoms with Gasteiger partial charge < -0.3 is 10.1 Å². The van der Waals surface area contributed by atoms with Crippen molar-refractivity contribution in [2.45, 2.75) is 0 Å². The predicted molar refractivity (Wildman–Crippen MR) is 69.9 cm³/mol. The van der Waals surface area contributed by atoms with Crippen molar-refractivity contribution in [2.75, 3.05) is 12.4 Å². The van der Waals surface area contributed by atoms with Gasteiger partial charge in [0.1, 0.15) is 23.2 Å². The van der Waals surface area contributed by atoms with Crippen molar-refractivity contribution in [1.82, 2.24) is 4.98 Å². The fraction of sp³-hybridized carbons (Fsp3) is 0.0714. The second kappa shape index (κ2) is 5.80. The quantitative estimate of drug-likeness (QED) is 0.929. The van der Waals surface area contributed by atoms with Gasteiger partial charge in [-0.15, -0.1) is 0 Å². The summed E-state index contributed by atoms with van der Waals surface area (Å²) >= 11 is 0. The summed E-state index contributed by atoms with van der Waals surface area (Å²) in [5.74, 6) is -0.904. The molecule has 0 spiro atoms. The van der Waals surface area contributed by atoms with E-state index in [0.29, 0.717) is 5.75 Å². The van der Waals surface area contributed by atoms with Gasteiger partial charge in [0.25, 0.3) is 5.91 Å². The van der Waals surface area contributed by atoms with Crippen LogP contribution < -0.4 is 10.1 Å². The largest absolute Gasteiger partial charge is 0.494 e. The first-order valence-corrected chi connectivity index (χ1v) is 5.65. The third kappa shape index (κ3) is 2.57. The number of carbonyl (C=O) groups excluding carboxylic acids is 1. The lowest BCUT2D eigenvalue weighted by Gasteiger charge is -2.09. The van der Waals surface area contributed by atoms with E-state index >= 15 is 0 Å². The van der Waals surface area contributed by atoms with Gasteiger partial charge in [-0.2, -0.15) is 5.26 Å². The van der Waals surface area contributed by atoms with Crippen LogP contribution in [0.15, 0.2) is 36.7 Å². The van der Waals surface area contributed by atoms with Crippen LogP contribution >= 0.6 is 0 Å². The Kier molecular flexibility index (Phi) is 3.91. The summed E-state index contributed by atoms with van der Waals surface area (Å²) in [7, 11) is 1.41. The predicted octanol–water partition coefficient (Wildman–Crippen LogP) is 2.35. The number of nitrogens with zero attached hydrogens (tertiary/aromatic N) is 2. The highest BCUT2D eigenvalue weighted by Crippen LogP contribution is 2.21. The number of methoxy groups -OCH3 is 1. The van der Waals surface area contributed by atoms with Gasteiger partial charge in [0.05, 0.1) is 24.6 Å². The summed E-state index contributed by atoms with van der Waals surface area (Å²) in [6, 6.07) is 7.21. The summed E-state index contributed by atoms with van der Waals surface area (Å²) in [5, 5.41) is 11.4. The van der Waals surface area contributed by atoms with Crippen LogP contribution in [0.3, 0.4) is 0 Å². The summed E-state index contributed by atoms with van der Waals surface area (Å²) in [6.07, 6.45) is 2.83. The number of nitrogens with one attached hydrogen (secondary N) is 1. The Hall–Kier alpha value is -2.94. The highest BCUT2D eigenvalue weighted by molar-refractivity contribution is 6.06. The van der Waals surface area contributed by atoms with Crippen LogP contribution in [0, 0.1) is 17.1 Å². The van der Waals surface area contributed by atoms with Gasteiger partial charge in [-0.3, -0.25) is 9.78 Å². The van der Waals surface area contributed by atoms with Gasteiger partial charge in [-0.1, -0.05) is 6.07 Å². The number of carbonyl (C=O) groups is 1. The molecule has 0 aliphatic heterocycles. The molecule has 100 valence electrons. The van der Waals surface area contributed by atoms with Gasteiger partial charge in [-0.25, -0.2) is 4.39 Å². The average molecular weight is 271 g/mol. The lowest BCUT2D eigenvalue weighted by Crippen LogP contribution is -2.14. The first kappa shape index (κ1) is 13.5. The summed E-state index contributed by atoms with van der Waals surface area (Å²) in [5.41, 5.74) is 0.140. The number of rotatable bonds is 3. The molecule has 0 aliphatic rings. The molecule has 1 aromatic heterocycles. The van der Waals surface area contributed by atoms with Gasteiger partial charge in [0.2, 0.25) is 0 Å². The van der Waals surface area contributed by atoms with Crippen LogP contribution in [-0.4, -0.2) is 18.0 Å². The normalized spacial score (nSPS) is 9.65. The Bertz CT molecular complexity index is 695. The van der Waals surface area contributed by atoms with Crippen LogP contribution in [-0.2, 0) is 0 Å². The van der Waals surface area contributed by atoms with E-state index in [4.69, 9.17) is 10.00 Å². The van der Waals surface area contributed by atoms with Crippen LogP contribution in [0.5, 0.6) is 5.75 Å². The molecular weight excluding hydrogens is 261 g/mol. The fourth-order valence-electron chi connectivity index (χ4n) is 1.66. The zero-order valence-corrected chi connectivity index (χ0v) is 10.6. The van der Waals surface area contributed by atoms with Crippen molar-refractivity contribution < 1.29 is 13.9 Å². The molecule has 2 rings (SSSR count). The molecule has 20 heavy (non-hydrogen) atoms. The molecule has 1 aromatic carbocycles. The number of hydrogen-bond donors (Lipinski definition) is 1. The van der Waals surface area contributed by atoms with E-state index in [0.717, 1.165) is 6.07 Å². The van der Waals surface area contributed by atoms with Crippen molar-refractivity contribution in [3.63, 3.8) is 0 Å². The molecule has 1 N–H and O–H groups in total. The number of anilines is 1. The average Bonchev–Trinajstić information content (AvgIpc) is 2.47. The standard InChI is InChI=1S/C14H10FN3O2/c1-20-13-8-17-6-5-9(13)14(19)18-12-4-2-3-11(15)10(12)7-16/h2-6,8H,1H3,(H,18,19). The molecule has 0 saturated carbocycles. The van der Waals surface area contributed by atoms with Crippen LogP contribution in [0.4, 0.5) is 10.1 Å². The number of ether oxygens (including phenoxy) is 1. The summed E-state index contributed by atoms with van der Waals surface area (Å²) in [4.78, 5) is 16.0. The second-order valence-electron chi connectivity index (χ2n) is 3.80. The topological polar surface area (TPSA) is 75.0 Å². The molecule has 0 bridgehead atoms. The molecule has 0 unspecified atom stereocenters. The number of benzene rings is 1. The van der Waals surface area contributed by atoms with E-state index in [9.17, 15) is 9.18 Å². The molecule has 0 fully saturated rings. The van der Waals surface area contributed by atoms with Crippen molar-refractivity contribution in [3.8, 4) is 11.8 Å². The second-order valence-corrected chi connectivity index (χ2v) is 3.80. The van der Waals surface area contributed by atoms with Crippen molar-refractivity contribution in [2.24, 2.45) is 0 Å². The third-order valence-electron chi connectivity index (χ3n) is 2.62. The van der Waals surface area contributed by atoms with Gasteiger partial charge in [0, 0.05) is 6.20 Å². The minimum atomic E-state index is -0.688. The van der Waals surface area contributed by atoms with E-state index in [1.54, 1.807) is 6.07 Å². The van der Waals surface area contributed by atoms with Crippen LogP contribution in [0.25, 0.3) is 0 Å².